The van der Waals surface area contributed by atoms with Gasteiger partial charge >= 0.3 is 0 Å². The summed E-state index contributed by atoms with van der Waals surface area (Å²) in [5.41, 5.74) is 6.76. The van der Waals surface area contributed by atoms with E-state index in [4.69, 9.17) is 9.47 Å². The van der Waals surface area contributed by atoms with Crippen molar-refractivity contribution >= 4 is 0 Å². The average molecular weight is 633 g/mol. The minimum atomic E-state index is -0.522. The molecule has 7 rings (SSSR count). The molecule has 0 bridgehead atoms. The maximum Gasteiger partial charge on any atom is 0.119 e. The number of benzene rings is 4. The van der Waals surface area contributed by atoms with Crippen molar-refractivity contribution in [3.05, 3.63) is 119 Å². The van der Waals surface area contributed by atoms with Gasteiger partial charge in [-0.3, -0.25) is 0 Å². The number of nitrogens with zero attached hydrogens (tertiary/aromatic N) is 2. The molecule has 0 spiro atoms. The minimum Gasteiger partial charge on any atom is -0.491 e. The third-order valence-corrected chi connectivity index (χ3v) is 10.2. The molecule has 0 radical (unpaired) electrons. The van der Waals surface area contributed by atoms with E-state index in [9.17, 15) is 10.2 Å². The van der Waals surface area contributed by atoms with E-state index in [2.05, 4.69) is 82.6 Å². The monoisotopic (exact) mass is 632 g/mol. The first kappa shape index (κ1) is 31.9. The standard InChI is InChI=1S/C41H48N2O4/c44-33(27-42-23-7-1-8-24-42)29-46-35-19-15-31(16-20-35)41(39-13-5-3-11-37(39)38-12-4-6-14-40(38)41)32-17-21-36(22-18-32)47-30-34(45)28-43-25-9-2-10-26-43/h3-6,11-22,33-34,44-45H,1-2,7-10,23-30H2. The van der Waals surface area contributed by atoms with Gasteiger partial charge < -0.3 is 29.5 Å². The van der Waals surface area contributed by atoms with Crippen LogP contribution in [0.25, 0.3) is 11.1 Å². The van der Waals surface area contributed by atoms with Crippen molar-refractivity contribution in [2.24, 2.45) is 0 Å². The summed E-state index contributed by atoms with van der Waals surface area (Å²) in [4.78, 5) is 4.68. The van der Waals surface area contributed by atoms with Gasteiger partial charge in [0.25, 0.3) is 0 Å². The number of piperidine rings is 2. The number of hydrogen-bond donors (Lipinski definition) is 2. The third-order valence-electron chi connectivity index (χ3n) is 10.2. The first-order chi connectivity index (χ1) is 23.1. The highest BCUT2D eigenvalue weighted by Crippen LogP contribution is 2.56. The maximum absolute atomic E-state index is 10.7. The highest BCUT2D eigenvalue weighted by atomic mass is 16.5. The summed E-state index contributed by atoms with van der Waals surface area (Å²) in [6.45, 7) is 6.11. The van der Waals surface area contributed by atoms with Crippen LogP contribution in [0.2, 0.25) is 0 Å². The van der Waals surface area contributed by atoms with E-state index in [1.165, 1.54) is 60.8 Å². The van der Waals surface area contributed by atoms with Crippen LogP contribution in [-0.4, -0.2) is 84.7 Å². The molecular weight excluding hydrogens is 584 g/mol. The maximum atomic E-state index is 10.7. The van der Waals surface area contributed by atoms with Crippen molar-refractivity contribution in [2.75, 3.05) is 52.5 Å². The van der Waals surface area contributed by atoms with Gasteiger partial charge in [-0.15, -0.1) is 0 Å². The Balaban J connectivity index is 1.13. The van der Waals surface area contributed by atoms with Gasteiger partial charge in [-0.25, -0.2) is 0 Å². The number of aliphatic hydroxyl groups is 2. The third kappa shape index (κ3) is 6.84. The molecule has 2 fully saturated rings. The summed E-state index contributed by atoms with van der Waals surface area (Å²) in [5, 5.41) is 21.3. The van der Waals surface area contributed by atoms with Gasteiger partial charge in [0, 0.05) is 13.1 Å². The predicted molar refractivity (Wildman–Crippen MR) is 187 cm³/mol. The van der Waals surface area contributed by atoms with Crippen LogP contribution in [0.5, 0.6) is 11.5 Å². The second-order valence-electron chi connectivity index (χ2n) is 13.5. The summed E-state index contributed by atoms with van der Waals surface area (Å²) in [7, 11) is 0. The van der Waals surface area contributed by atoms with Crippen LogP contribution in [0.3, 0.4) is 0 Å². The minimum absolute atomic E-state index is 0.279. The largest absolute Gasteiger partial charge is 0.491 e. The number of ether oxygens (including phenoxy) is 2. The first-order valence-corrected chi connectivity index (χ1v) is 17.6. The fourth-order valence-corrected chi connectivity index (χ4v) is 8.00. The lowest BCUT2D eigenvalue weighted by Crippen LogP contribution is -2.38. The van der Waals surface area contributed by atoms with E-state index in [0.29, 0.717) is 13.1 Å². The van der Waals surface area contributed by atoms with E-state index in [-0.39, 0.29) is 13.2 Å². The van der Waals surface area contributed by atoms with Crippen molar-refractivity contribution in [1.82, 2.24) is 9.80 Å². The van der Waals surface area contributed by atoms with Crippen LogP contribution >= 0.6 is 0 Å². The predicted octanol–water partition coefficient (Wildman–Crippen LogP) is 6.50. The molecule has 3 aliphatic rings. The highest BCUT2D eigenvalue weighted by molar-refractivity contribution is 5.86. The van der Waals surface area contributed by atoms with Crippen LogP contribution in [0, 0.1) is 0 Å². The molecule has 246 valence electrons. The zero-order valence-electron chi connectivity index (χ0n) is 27.4. The summed E-state index contributed by atoms with van der Waals surface area (Å²) in [6.07, 6.45) is 6.38. The molecule has 4 aromatic carbocycles. The van der Waals surface area contributed by atoms with Crippen molar-refractivity contribution in [3.8, 4) is 22.6 Å². The number of rotatable bonds is 12. The van der Waals surface area contributed by atoms with Crippen molar-refractivity contribution < 1.29 is 19.7 Å². The lowest BCUT2D eigenvalue weighted by Gasteiger charge is -2.34. The molecule has 4 aromatic rings. The van der Waals surface area contributed by atoms with Gasteiger partial charge in [0.2, 0.25) is 0 Å². The summed E-state index contributed by atoms with van der Waals surface area (Å²) >= 11 is 0. The molecule has 47 heavy (non-hydrogen) atoms. The molecule has 1 aliphatic carbocycles. The molecule has 2 saturated heterocycles. The van der Waals surface area contributed by atoms with E-state index >= 15 is 0 Å². The number of hydrogen-bond acceptors (Lipinski definition) is 6. The van der Waals surface area contributed by atoms with E-state index in [0.717, 1.165) is 48.8 Å². The SMILES string of the molecule is OC(COc1ccc(C2(c3ccc(OCC(O)CN4CCCCC4)cc3)c3ccccc3-c3ccccc32)cc1)CN1CCCCC1. The summed E-state index contributed by atoms with van der Waals surface area (Å²) < 4.78 is 12.2. The number of likely N-dealkylation sites (tertiary alicyclic amines) is 2. The molecule has 2 N–H and O–H groups in total. The van der Waals surface area contributed by atoms with Crippen molar-refractivity contribution in [1.29, 1.82) is 0 Å². The molecule has 0 aromatic heterocycles. The Labute approximate surface area is 279 Å². The summed E-state index contributed by atoms with van der Waals surface area (Å²) in [5.74, 6) is 1.51. The normalized spacial score (nSPS) is 19.0. The summed E-state index contributed by atoms with van der Waals surface area (Å²) in [6, 6.07) is 34.3. The Morgan fingerprint density at radius 3 is 1.30 bits per heavy atom. The number of aliphatic hydroxyl groups excluding tert-OH is 2. The van der Waals surface area contributed by atoms with Crippen LogP contribution in [0.15, 0.2) is 97.1 Å². The Bertz CT molecular complexity index is 1470. The molecule has 2 atom stereocenters. The van der Waals surface area contributed by atoms with Gasteiger partial charge in [0.05, 0.1) is 5.41 Å². The zero-order valence-corrected chi connectivity index (χ0v) is 27.4. The van der Waals surface area contributed by atoms with Gasteiger partial charge in [0.15, 0.2) is 0 Å². The van der Waals surface area contributed by atoms with Crippen LogP contribution in [-0.2, 0) is 5.41 Å². The Morgan fingerprint density at radius 1 is 0.511 bits per heavy atom. The number of fused-ring (bicyclic) bond motifs is 3. The smallest absolute Gasteiger partial charge is 0.119 e. The Hall–Kier alpha value is -3.68. The van der Waals surface area contributed by atoms with Gasteiger partial charge in [-0.05, 0) is 110 Å². The first-order valence-electron chi connectivity index (χ1n) is 17.6. The highest BCUT2D eigenvalue weighted by Gasteiger charge is 2.45. The van der Waals surface area contributed by atoms with Crippen molar-refractivity contribution in [3.63, 3.8) is 0 Å². The topological polar surface area (TPSA) is 65.4 Å². The lowest BCUT2D eigenvalue weighted by atomic mass is 9.68. The van der Waals surface area contributed by atoms with Gasteiger partial charge in [-0.2, -0.15) is 0 Å². The molecule has 0 saturated carbocycles. The van der Waals surface area contributed by atoms with Crippen LogP contribution in [0.4, 0.5) is 0 Å². The quantitative estimate of drug-likeness (QED) is 0.164. The fraction of sp³-hybridized carbons (Fsp3) is 0.415. The molecule has 6 nitrogen and oxygen atoms in total. The lowest BCUT2D eigenvalue weighted by molar-refractivity contribution is 0.0616. The van der Waals surface area contributed by atoms with Crippen LogP contribution < -0.4 is 9.47 Å². The van der Waals surface area contributed by atoms with E-state index < -0.39 is 17.6 Å². The van der Waals surface area contributed by atoms with Gasteiger partial charge in [0.1, 0.15) is 36.9 Å². The fourth-order valence-electron chi connectivity index (χ4n) is 8.00. The molecule has 2 heterocycles. The second kappa shape index (κ2) is 14.6. The van der Waals surface area contributed by atoms with E-state index in [1.807, 2.05) is 24.3 Å². The zero-order chi connectivity index (χ0) is 32.1. The number of β-amino-alcohol motifs (C(OH)–C–C–N with tert-alkyl or cyclic N) is 2. The molecule has 0 amide bonds. The van der Waals surface area contributed by atoms with E-state index in [1.54, 1.807) is 0 Å². The average Bonchev–Trinajstić information content (AvgIpc) is 3.42. The Morgan fingerprint density at radius 2 is 0.894 bits per heavy atom. The molecular formula is C41H48N2O4. The van der Waals surface area contributed by atoms with Crippen LogP contribution in [0.1, 0.15) is 60.8 Å². The second-order valence-corrected chi connectivity index (χ2v) is 13.5. The van der Waals surface area contributed by atoms with Gasteiger partial charge in [-0.1, -0.05) is 85.6 Å². The molecule has 2 aliphatic heterocycles. The van der Waals surface area contributed by atoms with Crippen molar-refractivity contribution in [2.45, 2.75) is 56.1 Å². The Kier molecular flexibility index (Phi) is 9.92. The molecule has 2 unspecified atom stereocenters. The molecule has 6 heteroatoms.